The number of nitrogens with zero attached hydrogens (tertiary/aromatic N) is 1. The molecule has 0 saturated heterocycles. The second kappa shape index (κ2) is 3.48. The van der Waals surface area contributed by atoms with Gasteiger partial charge in [-0.05, 0) is 6.92 Å². The minimum Gasteiger partial charge on any atom is -1.00 e. The third-order valence-corrected chi connectivity index (χ3v) is 0.937. The van der Waals surface area contributed by atoms with Crippen LogP contribution in [0.2, 0.25) is 0 Å². The van der Waals surface area contributed by atoms with Crippen molar-refractivity contribution in [3.8, 4) is 0 Å². The molecule has 0 aliphatic carbocycles. The Morgan fingerprint density at radius 3 is 2.67 bits per heavy atom. The first-order valence-corrected chi connectivity index (χ1v) is 2.52. The van der Waals surface area contributed by atoms with Crippen molar-refractivity contribution in [1.29, 1.82) is 0 Å². The van der Waals surface area contributed by atoms with E-state index in [2.05, 4.69) is 10.7 Å². The first-order chi connectivity index (χ1) is 3.80. The fourth-order valence-electron chi connectivity index (χ4n) is 0.469. The van der Waals surface area contributed by atoms with Gasteiger partial charge in [0.25, 0.3) is 0 Å². The van der Waals surface area contributed by atoms with Gasteiger partial charge >= 0.3 is 0 Å². The molecule has 0 radical (unpaired) electrons. The van der Waals surface area contributed by atoms with Gasteiger partial charge in [-0.1, -0.05) is 0 Å². The van der Waals surface area contributed by atoms with Gasteiger partial charge in [0.15, 0.2) is 12.2 Å². The quantitative estimate of drug-likeness (QED) is 0.461. The molecule has 1 aromatic heterocycles. The first-order valence-electron chi connectivity index (χ1n) is 2.52. The fraction of sp³-hybridized carbons (Fsp3) is 0.400. The van der Waals surface area contributed by atoms with Crippen molar-refractivity contribution in [2.45, 2.75) is 13.0 Å². The van der Waals surface area contributed by atoms with Gasteiger partial charge in [0, 0.05) is 0 Å². The van der Waals surface area contributed by atoms with Crippen molar-refractivity contribution < 1.29 is 22.6 Å². The summed E-state index contributed by atoms with van der Waals surface area (Å²) in [4.78, 5) is 3.74. The van der Waals surface area contributed by atoms with E-state index in [-0.39, 0.29) is 18.4 Å². The zero-order valence-electron chi connectivity index (χ0n) is 5.17. The van der Waals surface area contributed by atoms with Crippen LogP contribution in [-0.2, 0) is 0 Å². The summed E-state index contributed by atoms with van der Waals surface area (Å²) in [7, 11) is 0. The minimum atomic E-state index is 0. The highest BCUT2D eigenvalue weighted by Crippen LogP contribution is 2.03. The third-order valence-electron chi connectivity index (χ3n) is 0.937. The maximum absolute atomic E-state index is 4.92. The summed E-state index contributed by atoms with van der Waals surface area (Å²) in [6, 6.07) is 0.206. The predicted octanol–water partition coefficient (Wildman–Crippen LogP) is -3.02. The van der Waals surface area contributed by atoms with Crippen LogP contribution in [0.4, 0.5) is 0 Å². The van der Waals surface area contributed by atoms with Crippen LogP contribution in [0, 0.1) is 0 Å². The summed E-state index contributed by atoms with van der Waals surface area (Å²) in [5.74, 6) is 0.838. The largest absolute Gasteiger partial charge is 1.00 e. The fourth-order valence-corrected chi connectivity index (χ4v) is 0.469. The van der Waals surface area contributed by atoms with E-state index in [9.17, 15) is 0 Å². The van der Waals surface area contributed by atoms with Crippen molar-refractivity contribution in [3.63, 3.8) is 0 Å². The van der Waals surface area contributed by atoms with Gasteiger partial charge in [-0.25, -0.2) is 4.98 Å². The van der Waals surface area contributed by atoms with Gasteiger partial charge in [-0.2, -0.15) is 0 Å². The van der Waals surface area contributed by atoms with Gasteiger partial charge in [0.1, 0.15) is 6.04 Å². The van der Waals surface area contributed by atoms with Crippen LogP contribution in [-0.4, -0.2) is 4.98 Å². The lowest BCUT2D eigenvalue weighted by Gasteiger charge is -1.90. The summed E-state index contributed by atoms with van der Waals surface area (Å²) in [5.41, 5.74) is 3.75. The normalized spacial score (nSPS) is 12.2. The van der Waals surface area contributed by atoms with E-state index in [0.29, 0.717) is 0 Å². The Bertz CT molecular complexity index is 150. The molecule has 0 amide bonds. The highest BCUT2D eigenvalue weighted by atomic mass is 35.5. The van der Waals surface area contributed by atoms with Crippen molar-refractivity contribution in [3.05, 3.63) is 18.4 Å². The molecule has 0 spiro atoms. The SMILES string of the molecule is CC([NH3+])c1cnco1.[Cl-]. The number of halogens is 1. The number of aromatic nitrogens is 1. The molecule has 1 unspecified atom stereocenters. The van der Waals surface area contributed by atoms with E-state index in [0.717, 1.165) is 5.76 Å². The summed E-state index contributed by atoms with van der Waals surface area (Å²) in [5, 5.41) is 0. The van der Waals surface area contributed by atoms with Crippen LogP contribution >= 0.6 is 0 Å². The zero-order valence-corrected chi connectivity index (χ0v) is 5.93. The summed E-state index contributed by atoms with van der Waals surface area (Å²) >= 11 is 0. The van der Waals surface area contributed by atoms with E-state index in [4.69, 9.17) is 4.42 Å². The van der Waals surface area contributed by atoms with Crippen LogP contribution in [0.5, 0.6) is 0 Å². The average Bonchev–Trinajstić information content (AvgIpc) is 2.12. The Morgan fingerprint density at radius 2 is 2.44 bits per heavy atom. The molecule has 0 fully saturated rings. The molecule has 1 aromatic rings. The molecule has 9 heavy (non-hydrogen) atoms. The average molecular weight is 149 g/mol. The molecule has 0 aliphatic heterocycles. The third kappa shape index (κ3) is 2.03. The predicted molar refractivity (Wildman–Crippen MR) is 27.8 cm³/mol. The topological polar surface area (TPSA) is 53.7 Å². The highest BCUT2D eigenvalue weighted by Gasteiger charge is 2.03. The lowest BCUT2D eigenvalue weighted by molar-refractivity contribution is -0.424. The highest BCUT2D eigenvalue weighted by molar-refractivity contribution is 4.90. The Labute approximate surface area is 59.7 Å². The Morgan fingerprint density at radius 1 is 1.78 bits per heavy atom. The molecule has 0 aliphatic rings. The summed E-state index contributed by atoms with van der Waals surface area (Å²) in [6.45, 7) is 1.96. The van der Waals surface area contributed by atoms with Gasteiger partial charge in [-0.15, -0.1) is 0 Å². The molecule has 4 heteroatoms. The van der Waals surface area contributed by atoms with Crippen LogP contribution in [0.1, 0.15) is 18.7 Å². The van der Waals surface area contributed by atoms with E-state index < -0.39 is 0 Å². The van der Waals surface area contributed by atoms with E-state index in [1.165, 1.54) is 6.39 Å². The number of hydrogen-bond acceptors (Lipinski definition) is 2. The molecule has 3 N–H and O–H groups in total. The number of rotatable bonds is 1. The maximum atomic E-state index is 4.92. The van der Waals surface area contributed by atoms with Crippen LogP contribution in [0.3, 0.4) is 0 Å². The van der Waals surface area contributed by atoms with E-state index in [1.54, 1.807) is 6.20 Å². The van der Waals surface area contributed by atoms with Crippen LogP contribution in [0.15, 0.2) is 17.0 Å². The minimum absolute atomic E-state index is 0. The van der Waals surface area contributed by atoms with Crippen molar-refractivity contribution >= 4 is 0 Å². The number of hydrogen-bond donors (Lipinski definition) is 1. The maximum Gasteiger partial charge on any atom is 0.181 e. The summed E-state index contributed by atoms with van der Waals surface area (Å²) in [6.07, 6.45) is 3.09. The number of oxazole rings is 1. The van der Waals surface area contributed by atoms with Crippen molar-refractivity contribution in [2.75, 3.05) is 0 Å². The van der Waals surface area contributed by atoms with Crippen molar-refractivity contribution in [1.82, 2.24) is 4.98 Å². The molecular weight excluding hydrogens is 140 g/mol. The molecule has 1 atom stereocenters. The lowest BCUT2D eigenvalue weighted by Crippen LogP contribution is -3.00. The lowest BCUT2D eigenvalue weighted by atomic mass is 10.3. The molecule has 3 nitrogen and oxygen atoms in total. The van der Waals surface area contributed by atoms with Crippen LogP contribution in [0.25, 0.3) is 0 Å². The Hall–Kier alpha value is -0.540. The van der Waals surface area contributed by atoms with Gasteiger partial charge in [0.2, 0.25) is 0 Å². The van der Waals surface area contributed by atoms with Crippen LogP contribution < -0.4 is 18.1 Å². The van der Waals surface area contributed by atoms with E-state index in [1.807, 2.05) is 6.92 Å². The number of quaternary nitrogens is 1. The second-order valence-electron chi connectivity index (χ2n) is 1.80. The molecular formula is C5H9ClN2O. The zero-order chi connectivity index (χ0) is 5.98. The van der Waals surface area contributed by atoms with E-state index >= 15 is 0 Å². The monoisotopic (exact) mass is 148 g/mol. The smallest absolute Gasteiger partial charge is 0.181 e. The Kier molecular flexibility index (Phi) is 3.27. The molecule has 52 valence electrons. The van der Waals surface area contributed by atoms with Gasteiger partial charge < -0.3 is 22.6 Å². The molecule has 1 heterocycles. The standard InChI is InChI=1S/C5H8N2O.ClH/c1-4(6)5-2-7-3-8-5;/h2-4H,6H2,1H3;1H. The van der Waals surface area contributed by atoms with Gasteiger partial charge in [-0.3, -0.25) is 0 Å². The van der Waals surface area contributed by atoms with Crippen molar-refractivity contribution in [2.24, 2.45) is 0 Å². The molecule has 0 aromatic carbocycles. The molecule has 0 bridgehead atoms. The molecule has 0 saturated carbocycles. The summed E-state index contributed by atoms with van der Waals surface area (Å²) < 4.78 is 4.92. The van der Waals surface area contributed by atoms with Gasteiger partial charge in [0.05, 0.1) is 6.20 Å². The first kappa shape index (κ1) is 8.46. The Balaban J connectivity index is 0.000000640. The molecule has 1 rings (SSSR count). The second-order valence-corrected chi connectivity index (χ2v) is 1.80.